The van der Waals surface area contributed by atoms with Gasteiger partial charge >= 0.3 is 0 Å². The maximum Gasteiger partial charge on any atom is 0.222 e. The monoisotopic (exact) mass is 421 g/mol. The van der Waals surface area contributed by atoms with E-state index in [9.17, 15) is 14.4 Å². The topological polar surface area (TPSA) is 100 Å². The number of Topliss-reactive ketones (excluding diaryl/α,β-unsaturated/α-hetero) is 2. The van der Waals surface area contributed by atoms with Gasteiger partial charge < -0.3 is 24.3 Å². The molecule has 0 aliphatic heterocycles. The Labute approximate surface area is 177 Å². The molecule has 0 saturated carbocycles. The quantitative estimate of drug-likeness (QED) is 0.340. The van der Waals surface area contributed by atoms with Gasteiger partial charge in [-0.2, -0.15) is 0 Å². The average Bonchev–Trinajstić information content (AvgIpc) is 2.71. The van der Waals surface area contributed by atoms with Crippen LogP contribution in [-0.2, 0) is 33.3 Å². The van der Waals surface area contributed by atoms with Crippen LogP contribution in [0.5, 0.6) is 0 Å². The van der Waals surface area contributed by atoms with Crippen LogP contribution < -0.4 is 5.32 Å². The van der Waals surface area contributed by atoms with Gasteiger partial charge in [0.2, 0.25) is 5.91 Å². The third kappa shape index (κ3) is 34.5. The minimum atomic E-state index is -0.0983. The molecule has 29 heavy (non-hydrogen) atoms. The molecule has 8 heteroatoms. The van der Waals surface area contributed by atoms with Crippen LogP contribution in [0.25, 0.3) is 0 Å². The normalized spacial score (nSPS) is 9.59. The lowest BCUT2D eigenvalue weighted by atomic mass is 10.3. The summed E-state index contributed by atoms with van der Waals surface area (Å²) in [6.45, 7) is 14.7. The number of carbonyl (C=O) groups is 3. The molecular formula is C21H43NO7. The highest BCUT2D eigenvalue weighted by molar-refractivity contribution is 5.76. The molecule has 0 fully saturated rings. The van der Waals surface area contributed by atoms with Crippen molar-refractivity contribution in [2.24, 2.45) is 0 Å². The second-order valence-electron chi connectivity index (χ2n) is 5.45. The molecule has 0 bridgehead atoms. The third-order valence-electron chi connectivity index (χ3n) is 2.98. The fraction of sp³-hybridized carbons (Fsp3) is 0.857. The first-order valence-corrected chi connectivity index (χ1v) is 10.6. The third-order valence-corrected chi connectivity index (χ3v) is 2.98. The van der Waals surface area contributed by atoms with Gasteiger partial charge in [0.1, 0.15) is 11.6 Å². The van der Waals surface area contributed by atoms with Crippen LogP contribution in [0.3, 0.4) is 0 Å². The molecule has 0 rings (SSSR count). The van der Waals surface area contributed by atoms with E-state index in [2.05, 4.69) is 5.32 Å². The Hall–Kier alpha value is -1.35. The largest absolute Gasteiger partial charge is 0.379 e. The highest BCUT2D eigenvalue weighted by atomic mass is 16.5. The number of nitrogens with one attached hydrogen (secondary N) is 1. The summed E-state index contributed by atoms with van der Waals surface area (Å²) in [5.74, 6) is 0.106. The highest BCUT2D eigenvalue weighted by Gasteiger charge is 2.01. The first-order valence-electron chi connectivity index (χ1n) is 10.6. The van der Waals surface area contributed by atoms with Crippen LogP contribution in [0, 0.1) is 0 Å². The van der Waals surface area contributed by atoms with Gasteiger partial charge in [-0.1, -0.05) is 27.7 Å². The van der Waals surface area contributed by atoms with E-state index in [1.165, 1.54) is 13.8 Å². The van der Waals surface area contributed by atoms with Crippen molar-refractivity contribution in [2.45, 2.75) is 60.8 Å². The molecule has 0 aliphatic rings. The van der Waals surface area contributed by atoms with E-state index in [0.717, 1.165) is 0 Å². The molecule has 1 amide bonds. The van der Waals surface area contributed by atoms with Crippen molar-refractivity contribution in [3.8, 4) is 0 Å². The molecule has 0 heterocycles. The van der Waals surface area contributed by atoms with Crippen LogP contribution in [0.15, 0.2) is 0 Å². The fourth-order valence-corrected chi connectivity index (χ4v) is 1.59. The molecule has 1 N–H and O–H groups in total. The average molecular weight is 422 g/mol. The van der Waals surface area contributed by atoms with Gasteiger partial charge in [-0.25, -0.2) is 0 Å². The SMILES string of the molecule is CC.CC.CC(=O)CCOCCOCCNC(=O)CCOCCOCCC(C)=O. The molecule has 0 aromatic heterocycles. The van der Waals surface area contributed by atoms with Crippen molar-refractivity contribution >= 4 is 17.5 Å². The van der Waals surface area contributed by atoms with E-state index in [1.54, 1.807) is 0 Å². The number of ketones is 2. The van der Waals surface area contributed by atoms with E-state index < -0.39 is 0 Å². The Balaban J connectivity index is -0.00000158. The van der Waals surface area contributed by atoms with Gasteiger partial charge in [0, 0.05) is 25.8 Å². The Morgan fingerprint density at radius 2 is 0.897 bits per heavy atom. The summed E-state index contributed by atoms with van der Waals surface area (Å²) in [7, 11) is 0. The zero-order valence-corrected chi connectivity index (χ0v) is 19.3. The summed E-state index contributed by atoms with van der Waals surface area (Å²) in [5.41, 5.74) is 0. The Bertz CT molecular complexity index is 376. The first kappa shape index (κ1) is 32.3. The lowest BCUT2D eigenvalue weighted by Crippen LogP contribution is -2.28. The summed E-state index contributed by atoms with van der Waals surface area (Å²) in [4.78, 5) is 32.9. The molecular weight excluding hydrogens is 378 g/mol. The van der Waals surface area contributed by atoms with Gasteiger partial charge in [0.05, 0.1) is 52.9 Å². The van der Waals surface area contributed by atoms with Crippen molar-refractivity contribution in [1.29, 1.82) is 0 Å². The maximum atomic E-state index is 11.5. The van der Waals surface area contributed by atoms with Crippen LogP contribution in [-0.4, -0.2) is 76.9 Å². The van der Waals surface area contributed by atoms with E-state index in [-0.39, 0.29) is 23.9 Å². The highest BCUT2D eigenvalue weighted by Crippen LogP contribution is 1.88. The predicted molar refractivity (Wildman–Crippen MR) is 114 cm³/mol. The molecule has 0 spiro atoms. The van der Waals surface area contributed by atoms with Crippen LogP contribution in [0.2, 0.25) is 0 Å². The molecule has 0 unspecified atom stereocenters. The van der Waals surface area contributed by atoms with Crippen molar-refractivity contribution in [1.82, 2.24) is 5.32 Å². The Kier molecular flexibility index (Phi) is 32.2. The summed E-state index contributed by atoms with van der Waals surface area (Å²) >= 11 is 0. The summed E-state index contributed by atoms with van der Waals surface area (Å²) in [5, 5.41) is 2.73. The Morgan fingerprint density at radius 3 is 1.28 bits per heavy atom. The van der Waals surface area contributed by atoms with Crippen LogP contribution in [0.4, 0.5) is 0 Å². The number of carbonyl (C=O) groups excluding carboxylic acids is 3. The Morgan fingerprint density at radius 1 is 0.552 bits per heavy atom. The van der Waals surface area contributed by atoms with Gasteiger partial charge in [0.25, 0.3) is 0 Å². The van der Waals surface area contributed by atoms with Gasteiger partial charge in [-0.3, -0.25) is 14.4 Å². The zero-order valence-electron chi connectivity index (χ0n) is 19.3. The molecule has 8 nitrogen and oxygen atoms in total. The molecule has 174 valence electrons. The molecule has 0 atom stereocenters. The lowest BCUT2D eigenvalue weighted by molar-refractivity contribution is -0.123. The van der Waals surface area contributed by atoms with E-state index in [1.807, 2.05) is 27.7 Å². The lowest BCUT2D eigenvalue weighted by Gasteiger charge is -2.08. The van der Waals surface area contributed by atoms with Crippen LogP contribution >= 0.6 is 0 Å². The van der Waals surface area contributed by atoms with Crippen LogP contribution in [0.1, 0.15) is 60.8 Å². The summed E-state index contributed by atoms with van der Waals surface area (Å²) in [6.07, 6.45) is 1.11. The smallest absolute Gasteiger partial charge is 0.222 e. The molecule has 0 saturated heterocycles. The number of rotatable bonds is 18. The standard InChI is InChI=1S/C17H31NO7.2C2H6/c1-15(19)3-7-22-11-12-24-9-5-17(21)18-6-10-25-14-13-23-8-4-16(2)20;2*1-2/h3-14H2,1-2H3,(H,18,21);2*1-2H3. The van der Waals surface area contributed by atoms with E-state index in [0.29, 0.717) is 72.2 Å². The van der Waals surface area contributed by atoms with Crippen molar-refractivity contribution in [3.05, 3.63) is 0 Å². The zero-order chi connectivity index (χ0) is 22.8. The number of hydrogen-bond donors (Lipinski definition) is 1. The molecule has 0 aromatic rings. The van der Waals surface area contributed by atoms with Gasteiger partial charge in [-0.15, -0.1) is 0 Å². The van der Waals surface area contributed by atoms with Crippen molar-refractivity contribution < 1.29 is 33.3 Å². The van der Waals surface area contributed by atoms with Gasteiger partial charge in [0.15, 0.2) is 0 Å². The second kappa shape index (κ2) is 28.9. The summed E-state index contributed by atoms with van der Waals surface area (Å²) < 4.78 is 21.0. The maximum absolute atomic E-state index is 11.5. The van der Waals surface area contributed by atoms with Crippen molar-refractivity contribution in [3.63, 3.8) is 0 Å². The molecule has 0 radical (unpaired) electrons. The van der Waals surface area contributed by atoms with E-state index >= 15 is 0 Å². The van der Waals surface area contributed by atoms with Crippen molar-refractivity contribution in [2.75, 3.05) is 59.4 Å². The minimum absolute atomic E-state index is 0.0983. The number of amides is 1. The number of hydrogen-bond acceptors (Lipinski definition) is 7. The summed E-state index contributed by atoms with van der Waals surface area (Å²) in [6, 6.07) is 0. The second-order valence-corrected chi connectivity index (χ2v) is 5.45. The first-order chi connectivity index (χ1) is 14.0. The number of ether oxygens (including phenoxy) is 4. The molecule has 0 aromatic carbocycles. The predicted octanol–water partition coefficient (Wildman–Crippen LogP) is 2.57. The molecule has 0 aliphatic carbocycles. The minimum Gasteiger partial charge on any atom is -0.379 e. The van der Waals surface area contributed by atoms with Gasteiger partial charge in [-0.05, 0) is 13.8 Å². The fourth-order valence-electron chi connectivity index (χ4n) is 1.59. The van der Waals surface area contributed by atoms with E-state index in [4.69, 9.17) is 18.9 Å².